The van der Waals surface area contributed by atoms with E-state index in [1.165, 1.54) is 16.0 Å². The predicted molar refractivity (Wildman–Crippen MR) is 92.6 cm³/mol. The minimum atomic E-state index is 0.808. The van der Waals surface area contributed by atoms with E-state index in [-0.39, 0.29) is 0 Å². The van der Waals surface area contributed by atoms with E-state index < -0.39 is 0 Å². The van der Waals surface area contributed by atoms with Gasteiger partial charge in [-0.05, 0) is 49.8 Å². The van der Waals surface area contributed by atoms with Crippen LogP contribution in [-0.2, 0) is 0 Å². The standard InChI is InChI=1S/C16H21N3S2/c1-5-8-17-14-10-15(19-16(18-14)20-4)21-13-7-6-11(2)12(3)9-13/h6-7,9-10H,5,8H2,1-4H3,(H,17,18,19). The molecule has 5 heteroatoms. The molecule has 1 aromatic carbocycles. The number of aryl methyl sites for hydroxylation is 2. The lowest BCUT2D eigenvalue weighted by Gasteiger charge is -2.09. The zero-order valence-corrected chi connectivity index (χ0v) is 14.6. The van der Waals surface area contributed by atoms with E-state index in [4.69, 9.17) is 0 Å². The molecule has 112 valence electrons. The number of thioether (sulfide) groups is 1. The van der Waals surface area contributed by atoms with Gasteiger partial charge in [0.15, 0.2) is 5.16 Å². The number of rotatable bonds is 6. The third-order valence-corrected chi connectivity index (χ3v) is 4.58. The van der Waals surface area contributed by atoms with Crippen molar-refractivity contribution in [2.45, 2.75) is 42.3 Å². The SMILES string of the molecule is CCCNc1cc(Sc2ccc(C)c(C)c2)nc(SC)n1. The molecule has 0 spiro atoms. The number of nitrogens with one attached hydrogen (secondary N) is 1. The van der Waals surface area contributed by atoms with Gasteiger partial charge in [-0.3, -0.25) is 0 Å². The molecule has 0 aliphatic heterocycles. The third-order valence-electron chi connectivity index (χ3n) is 3.12. The maximum absolute atomic E-state index is 4.58. The lowest BCUT2D eigenvalue weighted by Crippen LogP contribution is -2.03. The molecule has 0 aliphatic rings. The lowest BCUT2D eigenvalue weighted by atomic mass is 10.1. The zero-order chi connectivity index (χ0) is 15.2. The molecular weight excluding hydrogens is 298 g/mol. The van der Waals surface area contributed by atoms with Gasteiger partial charge in [0.05, 0.1) is 0 Å². The Labute approximate surface area is 135 Å². The van der Waals surface area contributed by atoms with Crippen LogP contribution in [0, 0.1) is 13.8 Å². The Hall–Kier alpha value is -1.20. The van der Waals surface area contributed by atoms with Gasteiger partial charge in [0.2, 0.25) is 0 Å². The highest BCUT2D eigenvalue weighted by molar-refractivity contribution is 7.99. The van der Waals surface area contributed by atoms with Crippen molar-refractivity contribution in [3.8, 4) is 0 Å². The predicted octanol–water partition coefficient (Wildman–Crippen LogP) is 4.79. The first-order valence-corrected chi connectivity index (χ1v) is 9.08. The van der Waals surface area contributed by atoms with Gasteiger partial charge in [0.1, 0.15) is 10.8 Å². The van der Waals surface area contributed by atoms with Crippen LogP contribution in [0.5, 0.6) is 0 Å². The summed E-state index contributed by atoms with van der Waals surface area (Å²) in [4.78, 5) is 10.3. The van der Waals surface area contributed by atoms with Crippen molar-refractivity contribution in [3.05, 3.63) is 35.4 Å². The van der Waals surface area contributed by atoms with Crippen molar-refractivity contribution in [2.75, 3.05) is 18.1 Å². The molecule has 2 rings (SSSR count). The number of benzene rings is 1. The average Bonchev–Trinajstić information content (AvgIpc) is 2.48. The van der Waals surface area contributed by atoms with Crippen LogP contribution in [-0.4, -0.2) is 22.8 Å². The van der Waals surface area contributed by atoms with E-state index in [1.807, 2.05) is 12.3 Å². The van der Waals surface area contributed by atoms with Gasteiger partial charge in [-0.15, -0.1) is 0 Å². The summed E-state index contributed by atoms with van der Waals surface area (Å²) in [5, 5.41) is 5.13. The molecule has 1 heterocycles. The Bertz CT molecular complexity index is 614. The summed E-state index contributed by atoms with van der Waals surface area (Å²) in [7, 11) is 0. The number of hydrogen-bond acceptors (Lipinski definition) is 5. The van der Waals surface area contributed by atoms with Crippen LogP contribution in [0.15, 0.2) is 39.3 Å². The van der Waals surface area contributed by atoms with Crippen LogP contribution >= 0.6 is 23.5 Å². The van der Waals surface area contributed by atoms with Gasteiger partial charge in [0.25, 0.3) is 0 Å². The monoisotopic (exact) mass is 319 g/mol. The molecule has 0 atom stereocenters. The largest absolute Gasteiger partial charge is 0.370 e. The molecule has 0 saturated heterocycles. The van der Waals surface area contributed by atoms with Crippen molar-refractivity contribution in [3.63, 3.8) is 0 Å². The highest BCUT2D eigenvalue weighted by Gasteiger charge is 2.06. The summed E-state index contributed by atoms with van der Waals surface area (Å²) in [5.41, 5.74) is 2.63. The molecular formula is C16H21N3S2. The summed E-state index contributed by atoms with van der Waals surface area (Å²) < 4.78 is 0. The Morgan fingerprint density at radius 3 is 2.57 bits per heavy atom. The Morgan fingerprint density at radius 2 is 1.90 bits per heavy atom. The van der Waals surface area contributed by atoms with E-state index in [2.05, 4.69) is 54.3 Å². The summed E-state index contributed by atoms with van der Waals surface area (Å²) in [6.45, 7) is 7.35. The maximum Gasteiger partial charge on any atom is 0.190 e. The first-order valence-electron chi connectivity index (χ1n) is 7.04. The minimum absolute atomic E-state index is 0.808. The van der Waals surface area contributed by atoms with Crippen molar-refractivity contribution in [1.82, 2.24) is 9.97 Å². The summed E-state index contributed by atoms with van der Waals surface area (Å²) in [6, 6.07) is 8.53. The first kappa shape index (κ1) is 16.2. The van der Waals surface area contributed by atoms with E-state index >= 15 is 0 Å². The van der Waals surface area contributed by atoms with E-state index in [0.29, 0.717) is 0 Å². The van der Waals surface area contributed by atoms with Crippen LogP contribution in [0.2, 0.25) is 0 Å². The molecule has 1 N–H and O–H groups in total. The first-order chi connectivity index (χ1) is 10.1. The highest BCUT2D eigenvalue weighted by Crippen LogP contribution is 2.30. The Kier molecular flexibility index (Phi) is 5.94. The molecule has 0 saturated carbocycles. The lowest BCUT2D eigenvalue weighted by molar-refractivity contribution is 0.878. The zero-order valence-electron chi connectivity index (χ0n) is 12.9. The number of anilines is 1. The van der Waals surface area contributed by atoms with Gasteiger partial charge in [0, 0.05) is 17.5 Å². The van der Waals surface area contributed by atoms with Crippen molar-refractivity contribution >= 4 is 29.3 Å². The van der Waals surface area contributed by atoms with Crippen LogP contribution in [0.4, 0.5) is 5.82 Å². The second-order valence-corrected chi connectivity index (χ2v) is 6.72. The van der Waals surface area contributed by atoms with Gasteiger partial charge in [-0.25, -0.2) is 9.97 Å². The summed E-state index contributed by atoms with van der Waals surface area (Å²) in [5.74, 6) is 0.905. The normalized spacial score (nSPS) is 10.7. The molecule has 1 aromatic heterocycles. The number of nitrogens with zero attached hydrogens (tertiary/aromatic N) is 2. The quantitative estimate of drug-likeness (QED) is 0.471. The van der Waals surface area contributed by atoms with Crippen molar-refractivity contribution in [1.29, 1.82) is 0 Å². The Morgan fingerprint density at radius 1 is 1.10 bits per heavy atom. The summed E-state index contributed by atoms with van der Waals surface area (Å²) in [6.07, 6.45) is 3.08. The van der Waals surface area contributed by atoms with Gasteiger partial charge in [-0.2, -0.15) is 0 Å². The fourth-order valence-electron chi connectivity index (χ4n) is 1.79. The Balaban J connectivity index is 2.23. The van der Waals surface area contributed by atoms with Gasteiger partial charge < -0.3 is 5.32 Å². The molecule has 0 fully saturated rings. The van der Waals surface area contributed by atoms with Gasteiger partial charge >= 0.3 is 0 Å². The number of hydrogen-bond donors (Lipinski definition) is 1. The molecule has 0 radical (unpaired) electrons. The van der Waals surface area contributed by atoms with Gasteiger partial charge in [-0.1, -0.05) is 36.5 Å². The topological polar surface area (TPSA) is 37.8 Å². The van der Waals surface area contributed by atoms with E-state index in [1.54, 1.807) is 23.5 Å². The fourth-order valence-corrected chi connectivity index (χ4v) is 3.14. The van der Waals surface area contributed by atoms with Crippen LogP contribution in [0.1, 0.15) is 24.5 Å². The minimum Gasteiger partial charge on any atom is -0.370 e. The smallest absolute Gasteiger partial charge is 0.190 e. The third kappa shape index (κ3) is 4.64. The highest BCUT2D eigenvalue weighted by atomic mass is 32.2. The molecule has 0 amide bonds. The fraction of sp³-hybridized carbons (Fsp3) is 0.375. The van der Waals surface area contributed by atoms with Crippen molar-refractivity contribution < 1.29 is 0 Å². The van der Waals surface area contributed by atoms with Crippen LogP contribution in [0.25, 0.3) is 0 Å². The molecule has 2 aromatic rings. The molecule has 21 heavy (non-hydrogen) atoms. The molecule has 3 nitrogen and oxygen atoms in total. The molecule has 0 unspecified atom stereocenters. The van der Waals surface area contributed by atoms with E-state index in [9.17, 15) is 0 Å². The summed E-state index contributed by atoms with van der Waals surface area (Å²) >= 11 is 3.25. The van der Waals surface area contributed by atoms with Crippen molar-refractivity contribution in [2.24, 2.45) is 0 Å². The number of aromatic nitrogens is 2. The van der Waals surface area contributed by atoms with Crippen LogP contribution < -0.4 is 5.32 Å². The second-order valence-electron chi connectivity index (χ2n) is 4.85. The van der Waals surface area contributed by atoms with Crippen LogP contribution in [0.3, 0.4) is 0 Å². The maximum atomic E-state index is 4.58. The molecule has 0 bridgehead atoms. The van der Waals surface area contributed by atoms with E-state index in [0.717, 1.165) is 29.0 Å². The molecule has 0 aliphatic carbocycles. The second kappa shape index (κ2) is 7.71. The average molecular weight is 319 g/mol.